The van der Waals surface area contributed by atoms with Crippen LogP contribution in [0.3, 0.4) is 0 Å². The summed E-state index contributed by atoms with van der Waals surface area (Å²) in [6.45, 7) is 0.365. The molecular weight excluding hydrogens is 356 g/mol. The van der Waals surface area contributed by atoms with Gasteiger partial charge in [0, 0.05) is 16.7 Å². The SMILES string of the molecule is O=C(NCc1nc2ccccc2s1)c1ccc2c(c1)C(=O)c1ccccc1-2. The second kappa shape index (κ2) is 6.14. The van der Waals surface area contributed by atoms with Crippen LogP contribution in [0.25, 0.3) is 21.3 Å². The lowest BCUT2D eigenvalue weighted by Gasteiger charge is -2.05. The van der Waals surface area contributed by atoms with Gasteiger partial charge in [0.1, 0.15) is 5.01 Å². The average Bonchev–Trinajstić information content (AvgIpc) is 3.25. The van der Waals surface area contributed by atoms with Gasteiger partial charge in [-0.3, -0.25) is 9.59 Å². The molecule has 1 aliphatic carbocycles. The van der Waals surface area contributed by atoms with Crippen LogP contribution in [-0.2, 0) is 6.54 Å². The molecule has 27 heavy (non-hydrogen) atoms. The van der Waals surface area contributed by atoms with Gasteiger partial charge < -0.3 is 5.32 Å². The van der Waals surface area contributed by atoms with E-state index in [-0.39, 0.29) is 11.7 Å². The van der Waals surface area contributed by atoms with Crippen LogP contribution < -0.4 is 5.32 Å². The Morgan fingerprint density at radius 2 is 1.63 bits per heavy atom. The summed E-state index contributed by atoms with van der Waals surface area (Å²) in [6, 6.07) is 20.7. The number of para-hydroxylation sites is 1. The van der Waals surface area contributed by atoms with Crippen molar-refractivity contribution in [2.45, 2.75) is 6.54 Å². The number of amides is 1. The highest BCUT2D eigenvalue weighted by molar-refractivity contribution is 7.18. The molecule has 5 heteroatoms. The van der Waals surface area contributed by atoms with Crippen LogP contribution in [0.5, 0.6) is 0 Å². The van der Waals surface area contributed by atoms with Gasteiger partial charge in [0.25, 0.3) is 5.91 Å². The maximum absolute atomic E-state index is 12.6. The standard InChI is InChI=1S/C22H14N2O2S/c25-21-16-6-2-1-5-14(16)15-10-9-13(11-17(15)21)22(26)23-12-20-24-18-7-3-4-8-19(18)27-20/h1-11H,12H2,(H,23,26). The number of fused-ring (bicyclic) bond motifs is 4. The molecular formula is C22H14N2O2S. The molecule has 0 saturated carbocycles. The van der Waals surface area contributed by atoms with E-state index in [0.717, 1.165) is 26.4 Å². The van der Waals surface area contributed by atoms with Gasteiger partial charge in [-0.2, -0.15) is 0 Å². The summed E-state index contributed by atoms with van der Waals surface area (Å²) in [5.41, 5.74) is 4.52. The largest absolute Gasteiger partial charge is 0.346 e. The fraction of sp³-hybridized carbons (Fsp3) is 0.0455. The second-order valence-electron chi connectivity index (χ2n) is 6.39. The molecule has 130 valence electrons. The first-order chi connectivity index (χ1) is 13.2. The lowest BCUT2D eigenvalue weighted by atomic mass is 10.0. The minimum Gasteiger partial charge on any atom is -0.346 e. The van der Waals surface area contributed by atoms with Crippen LogP contribution in [-0.4, -0.2) is 16.7 Å². The third kappa shape index (κ3) is 2.64. The molecule has 0 atom stereocenters. The van der Waals surface area contributed by atoms with E-state index in [0.29, 0.717) is 23.2 Å². The quantitative estimate of drug-likeness (QED) is 0.511. The number of aromatic nitrogens is 1. The molecule has 3 aromatic carbocycles. The van der Waals surface area contributed by atoms with Crippen LogP contribution in [0, 0.1) is 0 Å². The van der Waals surface area contributed by atoms with Crippen LogP contribution >= 0.6 is 11.3 Å². The summed E-state index contributed by atoms with van der Waals surface area (Å²) in [6.07, 6.45) is 0. The molecule has 0 radical (unpaired) electrons. The van der Waals surface area contributed by atoms with Gasteiger partial charge in [-0.15, -0.1) is 11.3 Å². The van der Waals surface area contributed by atoms with Crippen LogP contribution in [0.1, 0.15) is 31.3 Å². The summed E-state index contributed by atoms with van der Waals surface area (Å²) < 4.78 is 1.10. The van der Waals surface area contributed by atoms with Crippen molar-refractivity contribution < 1.29 is 9.59 Å². The number of rotatable bonds is 3. The topological polar surface area (TPSA) is 59.1 Å². The highest BCUT2D eigenvalue weighted by atomic mass is 32.1. The Morgan fingerprint density at radius 3 is 2.48 bits per heavy atom. The summed E-state index contributed by atoms with van der Waals surface area (Å²) in [7, 11) is 0. The number of carbonyl (C=O) groups is 2. The van der Waals surface area contributed by atoms with Gasteiger partial charge in [-0.25, -0.2) is 4.98 Å². The minimum atomic E-state index is -0.208. The smallest absolute Gasteiger partial charge is 0.251 e. The third-order valence-corrected chi connectivity index (χ3v) is 5.76. The van der Waals surface area contributed by atoms with E-state index in [4.69, 9.17) is 0 Å². The molecule has 5 rings (SSSR count). The van der Waals surface area contributed by atoms with E-state index in [2.05, 4.69) is 10.3 Å². The molecule has 0 fully saturated rings. The van der Waals surface area contributed by atoms with Gasteiger partial charge in [0.15, 0.2) is 5.78 Å². The molecule has 0 aliphatic heterocycles. The summed E-state index contributed by atoms with van der Waals surface area (Å²) in [5, 5.41) is 3.76. The van der Waals surface area contributed by atoms with Crippen molar-refractivity contribution >= 4 is 33.2 Å². The van der Waals surface area contributed by atoms with E-state index < -0.39 is 0 Å². The van der Waals surface area contributed by atoms with Crippen molar-refractivity contribution in [3.8, 4) is 11.1 Å². The van der Waals surface area contributed by atoms with Gasteiger partial charge in [0.05, 0.1) is 16.8 Å². The zero-order chi connectivity index (χ0) is 18.4. The van der Waals surface area contributed by atoms with Crippen LogP contribution in [0.2, 0.25) is 0 Å². The first-order valence-corrected chi connectivity index (χ1v) is 9.43. The Balaban J connectivity index is 1.38. The Morgan fingerprint density at radius 1 is 0.889 bits per heavy atom. The van der Waals surface area contributed by atoms with Crippen molar-refractivity contribution in [1.29, 1.82) is 0 Å². The first-order valence-electron chi connectivity index (χ1n) is 8.61. The van der Waals surface area contributed by atoms with Crippen LogP contribution in [0.4, 0.5) is 0 Å². The highest BCUT2D eigenvalue weighted by Crippen LogP contribution is 2.36. The van der Waals surface area contributed by atoms with Gasteiger partial charge >= 0.3 is 0 Å². The number of nitrogens with zero attached hydrogens (tertiary/aromatic N) is 1. The Kier molecular flexibility index (Phi) is 3.62. The van der Waals surface area contributed by atoms with Gasteiger partial charge in [-0.05, 0) is 35.4 Å². The maximum Gasteiger partial charge on any atom is 0.251 e. The summed E-state index contributed by atoms with van der Waals surface area (Å²) in [5.74, 6) is -0.234. The average molecular weight is 370 g/mol. The van der Waals surface area contributed by atoms with Crippen molar-refractivity contribution in [2.75, 3.05) is 0 Å². The van der Waals surface area contributed by atoms with Gasteiger partial charge in [-0.1, -0.05) is 42.5 Å². The minimum absolute atomic E-state index is 0.0265. The second-order valence-corrected chi connectivity index (χ2v) is 7.51. The number of hydrogen-bond acceptors (Lipinski definition) is 4. The number of nitrogens with one attached hydrogen (secondary N) is 1. The molecule has 1 amide bonds. The van der Waals surface area contributed by atoms with Gasteiger partial charge in [0.2, 0.25) is 0 Å². The predicted molar refractivity (Wildman–Crippen MR) is 106 cm³/mol. The zero-order valence-electron chi connectivity index (χ0n) is 14.2. The van der Waals surface area contributed by atoms with Crippen molar-refractivity contribution in [2.24, 2.45) is 0 Å². The summed E-state index contributed by atoms with van der Waals surface area (Å²) >= 11 is 1.57. The van der Waals surface area contributed by atoms with E-state index in [1.54, 1.807) is 23.5 Å². The zero-order valence-corrected chi connectivity index (χ0v) is 15.0. The lowest BCUT2D eigenvalue weighted by Crippen LogP contribution is -2.22. The van der Waals surface area contributed by atoms with E-state index in [1.807, 2.05) is 54.6 Å². The molecule has 4 nitrogen and oxygen atoms in total. The molecule has 4 aromatic rings. The Bertz CT molecular complexity index is 1190. The molecule has 1 aromatic heterocycles. The number of carbonyl (C=O) groups excluding carboxylic acids is 2. The fourth-order valence-corrected chi connectivity index (χ4v) is 4.33. The fourth-order valence-electron chi connectivity index (χ4n) is 3.42. The molecule has 0 spiro atoms. The lowest BCUT2D eigenvalue weighted by molar-refractivity contribution is 0.0951. The molecule has 1 N–H and O–H groups in total. The Hall–Kier alpha value is -3.31. The molecule has 0 saturated heterocycles. The number of thiazole rings is 1. The van der Waals surface area contributed by atoms with E-state index in [9.17, 15) is 9.59 Å². The number of hydrogen-bond donors (Lipinski definition) is 1. The predicted octanol–water partition coefficient (Wildman–Crippen LogP) is 4.44. The molecule has 0 unspecified atom stereocenters. The first kappa shape index (κ1) is 15.9. The van der Waals surface area contributed by atoms with Crippen LogP contribution in [0.15, 0.2) is 66.7 Å². The third-order valence-electron chi connectivity index (χ3n) is 4.73. The molecule has 0 bridgehead atoms. The Labute approximate surface area is 159 Å². The van der Waals surface area contributed by atoms with Crippen molar-refractivity contribution in [1.82, 2.24) is 10.3 Å². The van der Waals surface area contributed by atoms with E-state index >= 15 is 0 Å². The maximum atomic E-state index is 12.6. The molecule has 1 aliphatic rings. The molecule has 1 heterocycles. The van der Waals surface area contributed by atoms with Crippen molar-refractivity contribution in [3.63, 3.8) is 0 Å². The number of ketones is 1. The summed E-state index contributed by atoms with van der Waals surface area (Å²) in [4.78, 5) is 29.7. The highest BCUT2D eigenvalue weighted by Gasteiger charge is 2.27. The normalized spacial score (nSPS) is 12.1. The number of benzene rings is 3. The van der Waals surface area contributed by atoms with E-state index in [1.165, 1.54) is 0 Å². The van der Waals surface area contributed by atoms with Crippen molar-refractivity contribution in [3.05, 3.63) is 88.4 Å². The monoisotopic (exact) mass is 370 g/mol.